The molecule has 2 rings (SSSR count). The first kappa shape index (κ1) is 10.2. The summed E-state index contributed by atoms with van der Waals surface area (Å²) in [7, 11) is 1.21. The van der Waals surface area contributed by atoms with Crippen molar-refractivity contribution in [3.8, 4) is 0 Å². The molecule has 1 aromatic heterocycles. The van der Waals surface area contributed by atoms with E-state index in [4.69, 9.17) is 0 Å². The van der Waals surface area contributed by atoms with Gasteiger partial charge >= 0.3 is 6.09 Å². The third-order valence-electron chi connectivity index (χ3n) is 2.22. The highest BCUT2D eigenvalue weighted by Crippen LogP contribution is 2.13. The van der Waals surface area contributed by atoms with Gasteiger partial charge < -0.3 is 9.72 Å². The number of imide groups is 1. The molecule has 16 heavy (non-hydrogen) atoms. The third-order valence-corrected chi connectivity index (χ3v) is 2.22. The van der Waals surface area contributed by atoms with Crippen LogP contribution in [0.2, 0.25) is 0 Å². The molecule has 2 N–H and O–H groups in total. The van der Waals surface area contributed by atoms with Gasteiger partial charge in [0.2, 0.25) is 0 Å². The molecule has 0 saturated heterocycles. The van der Waals surface area contributed by atoms with Crippen molar-refractivity contribution in [2.75, 3.05) is 7.11 Å². The molecule has 0 atom stereocenters. The van der Waals surface area contributed by atoms with Gasteiger partial charge in [0.15, 0.2) is 0 Å². The van der Waals surface area contributed by atoms with Gasteiger partial charge in [-0.15, -0.1) is 0 Å². The SMILES string of the molecule is COC(=O)NC(=O)c1ccc2cc[nH]c2c1. The number of benzene rings is 1. The van der Waals surface area contributed by atoms with E-state index >= 15 is 0 Å². The lowest BCUT2D eigenvalue weighted by atomic mass is 10.1. The average Bonchev–Trinajstić information content (AvgIpc) is 2.75. The van der Waals surface area contributed by atoms with Gasteiger partial charge in [0.1, 0.15) is 0 Å². The second kappa shape index (κ2) is 4.06. The first-order valence-electron chi connectivity index (χ1n) is 4.67. The summed E-state index contributed by atoms with van der Waals surface area (Å²) in [4.78, 5) is 25.4. The summed E-state index contributed by atoms with van der Waals surface area (Å²) in [5.74, 6) is -0.483. The highest BCUT2D eigenvalue weighted by molar-refractivity contribution is 6.04. The molecule has 0 radical (unpaired) electrons. The first-order chi connectivity index (χ1) is 7.70. The van der Waals surface area contributed by atoms with Gasteiger partial charge in [-0.2, -0.15) is 0 Å². The van der Waals surface area contributed by atoms with Crippen LogP contribution < -0.4 is 5.32 Å². The van der Waals surface area contributed by atoms with E-state index in [-0.39, 0.29) is 0 Å². The molecular formula is C11H10N2O3. The number of fused-ring (bicyclic) bond motifs is 1. The molecule has 2 amide bonds. The molecule has 0 aliphatic heterocycles. The van der Waals surface area contributed by atoms with E-state index in [0.29, 0.717) is 5.56 Å². The largest absolute Gasteiger partial charge is 0.453 e. The number of H-pyrrole nitrogens is 1. The molecule has 2 aromatic rings. The van der Waals surface area contributed by atoms with E-state index < -0.39 is 12.0 Å². The number of aromatic amines is 1. The number of rotatable bonds is 1. The molecule has 1 aromatic carbocycles. The fourth-order valence-electron chi connectivity index (χ4n) is 1.40. The molecule has 5 heteroatoms. The molecular weight excluding hydrogens is 208 g/mol. The fourth-order valence-corrected chi connectivity index (χ4v) is 1.40. The van der Waals surface area contributed by atoms with Crippen LogP contribution in [0.3, 0.4) is 0 Å². The summed E-state index contributed by atoms with van der Waals surface area (Å²) >= 11 is 0. The lowest BCUT2D eigenvalue weighted by Gasteiger charge is -2.02. The van der Waals surface area contributed by atoms with Crippen LogP contribution in [0.4, 0.5) is 4.79 Å². The summed E-state index contributed by atoms with van der Waals surface area (Å²) < 4.78 is 4.34. The maximum Gasteiger partial charge on any atom is 0.413 e. The van der Waals surface area contributed by atoms with E-state index in [1.165, 1.54) is 7.11 Å². The molecule has 5 nitrogen and oxygen atoms in total. The monoisotopic (exact) mass is 218 g/mol. The van der Waals surface area contributed by atoms with Crippen LogP contribution in [0.5, 0.6) is 0 Å². The maximum atomic E-state index is 11.6. The molecule has 0 aliphatic rings. The van der Waals surface area contributed by atoms with Crippen LogP contribution >= 0.6 is 0 Å². The highest BCUT2D eigenvalue weighted by Gasteiger charge is 2.10. The summed E-state index contributed by atoms with van der Waals surface area (Å²) in [6.45, 7) is 0. The lowest BCUT2D eigenvalue weighted by molar-refractivity contribution is 0.0937. The van der Waals surface area contributed by atoms with E-state index in [0.717, 1.165) is 10.9 Å². The van der Waals surface area contributed by atoms with Crippen LogP contribution in [-0.4, -0.2) is 24.1 Å². The van der Waals surface area contributed by atoms with Gasteiger partial charge in [0.25, 0.3) is 5.91 Å². The topological polar surface area (TPSA) is 71.2 Å². The van der Waals surface area contributed by atoms with Crippen LogP contribution in [-0.2, 0) is 4.74 Å². The zero-order chi connectivity index (χ0) is 11.5. The Morgan fingerprint density at radius 3 is 2.88 bits per heavy atom. The predicted octanol–water partition coefficient (Wildman–Crippen LogP) is 1.66. The fraction of sp³-hybridized carbons (Fsp3) is 0.0909. The molecule has 0 aliphatic carbocycles. The second-order valence-electron chi connectivity index (χ2n) is 3.23. The van der Waals surface area contributed by atoms with Crippen molar-refractivity contribution >= 4 is 22.9 Å². The Morgan fingerprint density at radius 1 is 1.31 bits per heavy atom. The number of nitrogens with one attached hydrogen (secondary N) is 2. The van der Waals surface area contributed by atoms with Crippen molar-refractivity contribution in [3.05, 3.63) is 36.0 Å². The zero-order valence-electron chi connectivity index (χ0n) is 8.61. The van der Waals surface area contributed by atoms with E-state index in [9.17, 15) is 9.59 Å². The Morgan fingerprint density at radius 2 is 2.12 bits per heavy atom. The van der Waals surface area contributed by atoms with Crippen molar-refractivity contribution < 1.29 is 14.3 Å². The normalized spacial score (nSPS) is 10.1. The Kier molecular flexibility index (Phi) is 2.59. The van der Waals surface area contributed by atoms with E-state index in [1.54, 1.807) is 24.4 Å². The number of carbonyl (C=O) groups is 2. The summed E-state index contributed by atoms with van der Waals surface area (Å²) in [5.41, 5.74) is 1.25. The van der Waals surface area contributed by atoms with Gasteiger partial charge in [0.05, 0.1) is 7.11 Å². The average molecular weight is 218 g/mol. The number of hydrogen-bond donors (Lipinski definition) is 2. The minimum Gasteiger partial charge on any atom is -0.453 e. The summed E-state index contributed by atoms with van der Waals surface area (Å²) in [6, 6.07) is 7.03. The Labute approximate surface area is 91.4 Å². The van der Waals surface area contributed by atoms with Crippen LogP contribution in [0.15, 0.2) is 30.5 Å². The second-order valence-corrected chi connectivity index (χ2v) is 3.23. The quantitative estimate of drug-likeness (QED) is 0.764. The Hall–Kier alpha value is -2.30. The van der Waals surface area contributed by atoms with Crippen LogP contribution in [0.25, 0.3) is 10.9 Å². The number of ether oxygens (including phenoxy) is 1. The molecule has 0 unspecified atom stereocenters. The smallest absolute Gasteiger partial charge is 0.413 e. The number of amides is 2. The van der Waals surface area contributed by atoms with Gasteiger partial charge in [-0.25, -0.2) is 4.79 Å². The minimum absolute atomic E-state index is 0.403. The Bertz CT molecular complexity index is 545. The number of carbonyl (C=O) groups excluding carboxylic acids is 2. The third kappa shape index (κ3) is 1.88. The van der Waals surface area contributed by atoms with Gasteiger partial charge in [0, 0.05) is 17.3 Å². The van der Waals surface area contributed by atoms with Gasteiger partial charge in [-0.1, -0.05) is 6.07 Å². The van der Waals surface area contributed by atoms with Crippen molar-refractivity contribution in [1.82, 2.24) is 10.3 Å². The van der Waals surface area contributed by atoms with Crippen molar-refractivity contribution in [3.63, 3.8) is 0 Å². The molecule has 0 bridgehead atoms. The van der Waals surface area contributed by atoms with Gasteiger partial charge in [-0.3, -0.25) is 10.1 Å². The van der Waals surface area contributed by atoms with E-state index in [1.807, 2.05) is 6.07 Å². The molecule has 0 spiro atoms. The van der Waals surface area contributed by atoms with Crippen molar-refractivity contribution in [2.24, 2.45) is 0 Å². The number of hydrogen-bond acceptors (Lipinski definition) is 3. The predicted molar refractivity (Wildman–Crippen MR) is 58.2 cm³/mol. The van der Waals surface area contributed by atoms with Crippen molar-refractivity contribution in [2.45, 2.75) is 0 Å². The summed E-state index contributed by atoms with van der Waals surface area (Å²) in [5, 5.41) is 3.10. The van der Waals surface area contributed by atoms with Crippen molar-refractivity contribution in [1.29, 1.82) is 0 Å². The molecule has 0 saturated carbocycles. The minimum atomic E-state index is -0.767. The number of alkyl carbamates (subject to hydrolysis) is 1. The van der Waals surface area contributed by atoms with Gasteiger partial charge in [-0.05, 0) is 23.6 Å². The zero-order valence-corrected chi connectivity index (χ0v) is 8.61. The Balaban J connectivity index is 2.25. The first-order valence-corrected chi connectivity index (χ1v) is 4.67. The molecule has 82 valence electrons. The lowest BCUT2D eigenvalue weighted by Crippen LogP contribution is -2.30. The standard InChI is InChI=1S/C11H10N2O3/c1-16-11(15)13-10(14)8-3-2-7-4-5-12-9(7)6-8/h2-6,12H,1H3,(H,13,14,15). The number of aromatic nitrogens is 1. The molecule has 1 heterocycles. The van der Waals surface area contributed by atoms with E-state index in [2.05, 4.69) is 15.0 Å². The molecule has 0 fully saturated rings. The summed E-state index contributed by atoms with van der Waals surface area (Å²) in [6.07, 6.45) is 1.02. The number of methoxy groups -OCH3 is 1. The maximum absolute atomic E-state index is 11.6. The van der Waals surface area contributed by atoms with Crippen LogP contribution in [0.1, 0.15) is 10.4 Å². The van der Waals surface area contributed by atoms with Crippen LogP contribution in [0, 0.1) is 0 Å². The highest BCUT2D eigenvalue weighted by atomic mass is 16.5.